The second-order valence-corrected chi connectivity index (χ2v) is 5.46. The molecule has 1 saturated heterocycles. The van der Waals surface area contributed by atoms with Gasteiger partial charge in [-0.05, 0) is 49.9 Å². The predicted molar refractivity (Wildman–Crippen MR) is 79.9 cm³/mol. The van der Waals surface area contributed by atoms with Crippen LogP contribution in [0.5, 0.6) is 5.75 Å². The number of fused-ring (bicyclic) bond motifs is 1. The predicted octanol–water partition coefficient (Wildman–Crippen LogP) is 3.49. The molecule has 1 atom stereocenters. The fraction of sp³-hybridized carbons (Fsp3) is 0.412. The minimum Gasteiger partial charge on any atom is -0.496 e. The summed E-state index contributed by atoms with van der Waals surface area (Å²) in [5, 5.41) is 2.56. The molecule has 1 aliphatic rings. The first-order valence-corrected chi connectivity index (χ1v) is 7.04. The van der Waals surface area contributed by atoms with Crippen LogP contribution in [0.2, 0.25) is 0 Å². The highest BCUT2D eigenvalue weighted by molar-refractivity contribution is 5.91. The number of nitrogens with zero attached hydrogens (tertiary/aromatic N) is 1. The van der Waals surface area contributed by atoms with Crippen LogP contribution in [0.3, 0.4) is 0 Å². The Bertz CT molecular complexity index is 573. The molecule has 19 heavy (non-hydrogen) atoms. The largest absolute Gasteiger partial charge is 0.496 e. The molecule has 1 heterocycles. The summed E-state index contributed by atoms with van der Waals surface area (Å²) >= 11 is 0. The van der Waals surface area contributed by atoms with E-state index in [1.807, 2.05) is 0 Å². The van der Waals surface area contributed by atoms with Gasteiger partial charge in [-0.15, -0.1) is 0 Å². The fourth-order valence-electron chi connectivity index (χ4n) is 3.21. The monoisotopic (exact) mass is 255 g/mol. The van der Waals surface area contributed by atoms with Crippen LogP contribution in [0.1, 0.15) is 18.4 Å². The Morgan fingerprint density at radius 3 is 2.68 bits per heavy atom. The Hall–Kier alpha value is -1.54. The van der Waals surface area contributed by atoms with Gasteiger partial charge in [0, 0.05) is 11.4 Å². The second kappa shape index (κ2) is 5.22. The first-order chi connectivity index (χ1) is 9.29. The molecule has 100 valence electrons. The van der Waals surface area contributed by atoms with Gasteiger partial charge in [0.15, 0.2) is 0 Å². The number of methoxy groups -OCH3 is 1. The molecule has 0 unspecified atom stereocenters. The molecule has 1 fully saturated rings. The zero-order valence-corrected chi connectivity index (χ0v) is 11.7. The topological polar surface area (TPSA) is 12.5 Å². The van der Waals surface area contributed by atoms with Gasteiger partial charge in [-0.3, -0.25) is 0 Å². The summed E-state index contributed by atoms with van der Waals surface area (Å²) in [7, 11) is 3.99. The van der Waals surface area contributed by atoms with Gasteiger partial charge in [-0.25, -0.2) is 0 Å². The van der Waals surface area contributed by atoms with E-state index in [0.29, 0.717) is 6.04 Å². The maximum atomic E-state index is 5.55. The van der Waals surface area contributed by atoms with E-state index >= 15 is 0 Å². The van der Waals surface area contributed by atoms with Crippen LogP contribution in [0, 0.1) is 0 Å². The van der Waals surface area contributed by atoms with E-state index in [-0.39, 0.29) is 0 Å². The number of likely N-dealkylation sites (N-methyl/N-ethyl adjacent to an activating group) is 1. The van der Waals surface area contributed by atoms with Crippen molar-refractivity contribution >= 4 is 10.8 Å². The lowest BCUT2D eigenvalue weighted by Gasteiger charge is -2.20. The van der Waals surface area contributed by atoms with Gasteiger partial charge < -0.3 is 9.64 Å². The smallest absolute Gasteiger partial charge is 0.126 e. The van der Waals surface area contributed by atoms with Crippen molar-refractivity contribution in [1.82, 2.24) is 4.90 Å². The average Bonchev–Trinajstić information content (AvgIpc) is 2.84. The number of rotatable bonds is 3. The van der Waals surface area contributed by atoms with E-state index in [4.69, 9.17) is 4.74 Å². The second-order valence-electron chi connectivity index (χ2n) is 5.46. The summed E-state index contributed by atoms with van der Waals surface area (Å²) in [6.07, 6.45) is 3.75. The number of hydrogen-bond donors (Lipinski definition) is 0. The van der Waals surface area contributed by atoms with Crippen LogP contribution in [-0.2, 0) is 6.42 Å². The quantitative estimate of drug-likeness (QED) is 0.832. The maximum absolute atomic E-state index is 5.55. The minimum atomic E-state index is 0.676. The van der Waals surface area contributed by atoms with Crippen LogP contribution >= 0.6 is 0 Å². The molecular weight excluding hydrogens is 234 g/mol. The first-order valence-electron chi connectivity index (χ1n) is 7.04. The zero-order chi connectivity index (χ0) is 13.2. The molecule has 0 aliphatic carbocycles. The summed E-state index contributed by atoms with van der Waals surface area (Å²) in [5.74, 6) is 0.994. The standard InChI is InChI=1S/C17H21NO/c1-18-11-5-9-15(18)12-14-8-3-6-13-7-4-10-16(19-2)17(13)14/h3-4,6-8,10,15H,5,9,11-12H2,1-2H3/t15-/m1/s1. The normalized spacial score (nSPS) is 20.0. The number of benzene rings is 2. The van der Waals surface area contributed by atoms with Crippen LogP contribution in [0.15, 0.2) is 36.4 Å². The Labute approximate surface area is 115 Å². The van der Waals surface area contributed by atoms with Crippen molar-refractivity contribution in [2.75, 3.05) is 20.7 Å². The van der Waals surface area contributed by atoms with Crippen molar-refractivity contribution in [2.24, 2.45) is 0 Å². The molecule has 1 aliphatic heterocycles. The van der Waals surface area contributed by atoms with Crippen molar-refractivity contribution in [1.29, 1.82) is 0 Å². The third-order valence-corrected chi connectivity index (χ3v) is 4.30. The molecule has 0 bridgehead atoms. The third kappa shape index (κ3) is 2.33. The molecule has 0 radical (unpaired) electrons. The van der Waals surface area contributed by atoms with Gasteiger partial charge in [0.25, 0.3) is 0 Å². The van der Waals surface area contributed by atoms with Gasteiger partial charge in [0.2, 0.25) is 0 Å². The first kappa shape index (κ1) is 12.5. The van der Waals surface area contributed by atoms with Gasteiger partial charge >= 0.3 is 0 Å². The molecule has 2 nitrogen and oxygen atoms in total. The van der Waals surface area contributed by atoms with E-state index in [1.165, 1.54) is 35.7 Å². The molecule has 0 spiro atoms. The van der Waals surface area contributed by atoms with E-state index in [2.05, 4.69) is 48.3 Å². The molecule has 2 aromatic rings. The summed E-state index contributed by atoms with van der Waals surface area (Å²) in [6, 6.07) is 13.5. The van der Waals surface area contributed by atoms with Gasteiger partial charge in [-0.2, -0.15) is 0 Å². The van der Waals surface area contributed by atoms with Gasteiger partial charge in [-0.1, -0.05) is 30.3 Å². The molecule has 0 saturated carbocycles. The SMILES string of the molecule is COc1cccc2cccc(C[C@H]3CCCN3C)c12. The Morgan fingerprint density at radius 2 is 2.00 bits per heavy atom. The van der Waals surface area contributed by atoms with Crippen LogP contribution in [-0.4, -0.2) is 31.6 Å². The lowest BCUT2D eigenvalue weighted by Crippen LogP contribution is -2.26. The Morgan fingerprint density at radius 1 is 1.21 bits per heavy atom. The van der Waals surface area contributed by atoms with E-state index in [1.54, 1.807) is 7.11 Å². The highest BCUT2D eigenvalue weighted by atomic mass is 16.5. The van der Waals surface area contributed by atoms with Crippen LogP contribution in [0.4, 0.5) is 0 Å². The molecule has 0 aromatic heterocycles. The van der Waals surface area contributed by atoms with Crippen molar-refractivity contribution in [3.63, 3.8) is 0 Å². The van der Waals surface area contributed by atoms with E-state index < -0.39 is 0 Å². The highest BCUT2D eigenvalue weighted by Gasteiger charge is 2.22. The lowest BCUT2D eigenvalue weighted by molar-refractivity contribution is 0.309. The number of hydrogen-bond acceptors (Lipinski definition) is 2. The highest BCUT2D eigenvalue weighted by Crippen LogP contribution is 2.31. The zero-order valence-electron chi connectivity index (χ0n) is 11.7. The summed E-state index contributed by atoms with van der Waals surface area (Å²) in [5.41, 5.74) is 1.41. The van der Waals surface area contributed by atoms with Gasteiger partial charge in [0.1, 0.15) is 5.75 Å². The molecule has 3 rings (SSSR count). The summed E-state index contributed by atoms with van der Waals surface area (Å²) < 4.78 is 5.55. The van der Waals surface area contributed by atoms with Crippen molar-refractivity contribution < 1.29 is 4.74 Å². The molecule has 2 aromatic carbocycles. The van der Waals surface area contributed by atoms with Gasteiger partial charge in [0.05, 0.1) is 7.11 Å². The number of ether oxygens (including phenoxy) is 1. The summed E-state index contributed by atoms with van der Waals surface area (Å²) in [6.45, 7) is 1.23. The summed E-state index contributed by atoms with van der Waals surface area (Å²) in [4.78, 5) is 2.48. The van der Waals surface area contributed by atoms with Crippen molar-refractivity contribution in [2.45, 2.75) is 25.3 Å². The number of likely N-dealkylation sites (tertiary alicyclic amines) is 1. The van der Waals surface area contributed by atoms with E-state index in [0.717, 1.165) is 12.2 Å². The fourth-order valence-corrected chi connectivity index (χ4v) is 3.21. The Balaban J connectivity index is 2.02. The average molecular weight is 255 g/mol. The van der Waals surface area contributed by atoms with Crippen LogP contribution in [0.25, 0.3) is 10.8 Å². The van der Waals surface area contributed by atoms with Crippen LogP contribution < -0.4 is 4.74 Å². The lowest BCUT2D eigenvalue weighted by atomic mass is 9.97. The van der Waals surface area contributed by atoms with E-state index in [9.17, 15) is 0 Å². The maximum Gasteiger partial charge on any atom is 0.126 e. The molecular formula is C17H21NO. The molecule has 0 N–H and O–H groups in total. The minimum absolute atomic E-state index is 0.676. The molecule has 2 heteroatoms. The van der Waals surface area contributed by atoms with Crippen molar-refractivity contribution in [3.8, 4) is 5.75 Å². The van der Waals surface area contributed by atoms with Crippen molar-refractivity contribution in [3.05, 3.63) is 42.0 Å². The third-order valence-electron chi connectivity index (χ3n) is 4.30. The Kier molecular flexibility index (Phi) is 3.43. The molecule has 0 amide bonds.